The van der Waals surface area contributed by atoms with Crippen molar-refractivity contribution in [2.75, 3.05) is 0 Å². The Labute approximate surface area is 63.2 Å². The third-order valence-corrected chi connectivity index (χ3v) is 2.06. The molecule has 1 rings (SSSR count). The molecule has 1 aromatic rings. The van der Waals surface area contributed by atoms with Crippen molar-refractivity contribution in [2.24, 2.45) is 7.05 Å². The van der Waals surface area contributed by atoms with Crippen LogP contribution >= 0.6 is 8.58 Å². The van der Waals surface area contributed by atoms with E-state index in [1.807, 2.05) is 0 Å². The maximum Gasteiger partial charge on any atom is 0.409 e. The molecule has 1 atom stereocenters. The van der Waals surface area contributed by atoms with Crippen LogP contribution in [0.5, 0.6) is 0 Å². The van der Waals surface area contributed by atoms with Crippen LogP contribution in [0.3, 0.4) is 0 Å². The van der Waals surface area contributed by atoms with Crippen LogP contribution in [0.2, 0.25) is 0 Å². The second-order valence-electron chi connectivity index (χ2n) is 1.98. The van der Waals surface area contributed by atoms with Crippen molar-refractivity contribution in [3.63, 3.8) is 0 Å². The Kier molecular flexibility index (Phi) is 2.18. The first-order valence-electron chi connectivity index (χ1n) is 2.81. The molecular weight excluding hydrogens is 176 g/mol. The molecule has 11 heavy (non-hydrogen) atoms. The van der Waals surface area contributed by atoms with Gasteiger partial charge in [-0.25, -0.2) is 4.98 Å². The summed E-state index contributed by atoms with van der Waals surface area (Å²) in [6.45, 7) is 0. The van der Waals surface area contributed by atoms with Gasteiger partial charge in [0.25, 0.3) is 0 Å². The first-order chi connectivity index (χ1) is 4.99. The van der Waals surface area contributed by atoms with Gasteiger partial charge in [0.15, 0.2) is 0 Å². The van der Waals surface area contributed by atoms with Crippen LogP contribution in [0.1, 0.15) is 0 Å². The van der Waals surface area contributed by atoms with Crippen LogP contribution in [0.15, 0.2) is 12.4 Å². The third kappa shape index (κ3) is 2.50. The van der Waals surface area contributed by atoms with Crippen molar-refractivity contribution < 1.29 is 13.2 Å². The van der Waals surface area contributed by atoms with E-state index >= 15 is 0 Å². The highest BCUT2D eigenvalue weighted by atomic mass is 31.1. The number of hydrogen-bond donors (Lipinski definition) is 0. The van der Waals surface area contributed by atoms with Crippen molar-refractivity contribution in [1.29, 1.82) is 0 Å². The Morgan fingerprint density at radius 3 is 2.55 bits per heavy atom. The van der Waals surface area contributed by atoms with Crippen LogP contribution in [0.4, 0.5) is 13.2 Å². The monoisotopic (exact) mass is 182 g/mol. The first-order valence-corrected chi connectivity index (χ1v) is 3.81. The quantitative estimate of drug-likeness (QED) is 0.597. The summed E-state index contributed by atoms with van der Waals surface area (Å²) in [5.74, 6) is -4.14. The Balaban J connectivity index is 2.72. The second kappa shape index (κ2) is 2.81. The first kappa shape index (κ1) is 8.53. The molecule has 0 aliphatic rings. The fourth-order valence-corrected chi connectivity index (χ4v) is 1.26. The number of aryl methyl sites for hydroxylation is 1. The molecular formula is C5H6F3N2P. The summed E-state index contributed by atoms with van der Waals surface area (Å²) in [7, 11) is 0.332. The molecule has 0 saturated carbocycles. The number of imidazole rings is 1. The smallest absolute Gasteiger partial charge is 0.334 e. The van der Waals surface area contributed by atoms with E-state index < -0.39 is 14.5 Å². The average molecular weight is 182 g/mol. The van der Waals surface area contributed by atoms with Crippen LogP contribution in [-0.2, 0) is 7.05 Å². The van der Waals surface area contributed by atoms with E-state index in [0.717, 1.165) is 0 Å². The van der Waals surface area contributed by atoms with Gasteiger partial charge < -0.3 is 4.57 Å². The Bertz CT molecular complexity index is 242. The summed E-state index contributed by atoms with van der Waals surface area (Å²) in [5, 5.41) is 0. The summed E-state index contributed by atoms with van der Waals surface area (Å²) >= 11 is 0. The lowest BCUT2D eigenvalue weighted by atomic mass is 10.9. The lowest BCUT2D eigenvalue weighted by molar-refractivity contribution is -0.0361. The second-order valence-corrected chi connectivity index (χ2v) is 3.25. The third-order valence-electron chi connectivity index (χ3n) is 1.07. The van der Waals surface area contributed by atoms with Crippen LogP contribution in [0.25, 0.3) is 0 Å². The molecule has 1 unspecified atom stereocenters. The van der Waals surface area contributed by atoms with Crippen LogP contribution < -0.4 is 5.57 Å². The Morgan fingerprint density at radius 1 is 1.55 bits per heavy atom. The molecule has 0 spiro atoms. The van der Waals surface area contributed by atoms with E-state index in [1.165, 1.54) is 17.0 Å². The predicted molar refractivity (Wildman–Crippen MR) is 37.2 cm³/mol. The number of nitrogens with zero attached hydrogens (tertiary/aromatic N) is 2. The molecule has 0 aromatic carbocycles. The van der Waals surface area contributed by atoms with Gasteiger partial charge in [-0.3, -0.25) is 0 Å². The zero-order valence-corrected chi connectivity index (χ0v) is 6.68. The maximum atomic E-state index is 11.8. The van der Waals surface area contributed by atoms with Gasteiger partial charge in [-0.15, -0.1) is 0 Å². The van der Waals surface area contributed by atoms with Crippen molar-refractivity contribution in [3.05, 3.63) is 12.4 Å². The minimum Gasteiger partial charge on any atom is -0.334 e. The van der Waals surface area contributed by atoms with E-state index in [1.54, 1.807) is 7.05 Å². The highest BCUT2D eigenvalue weighted by Gasteiger charge is 2.29. The molecule has 0 radical (unpaired) electrons. The van der Waals surface area contributed by atoms with Gasteiger partial charge in [0.2, 0.25) is 0 Å². The molecule has 6 heteroatoms. The van der Waals surface area contributed by atoms with Crippen LogP contribution in [-0.4, -0.2) is 15.5 Å². The van der Waals surface area contributed by atoms with Gasteiger partial charge in [0.05, 0.1) is 8.58 Å². The summed E-state index contributed by atoms with van der Waals surface area (Å²) in [6, 6.07) is 0. The number of alkyl halides is 3. The average Bonchev–Trinajstić information content (AvgIpc) is 2.12. The molecule has 1 aromatic heterocycles. The molecule has 0 bridgehead atoms. The molecule has 0 saturated heterocycles. The SMILES string of the molecule is Cn1ccnc1PC(F)(F)F. The van der Waals surface area contributed by atoms with E-state index in [4.69, 9.17) is 0 Å². The van der Waals surface area contributed by atoms with E-state index in [-0.39, 0.29) is 5.57 Å². The highest BCUT2D eigenvalue weighted by Crippen LogP contribution is 2.34. The molecule has 0 aliphatic heterocycles. The minimum atomic E-state index is -4.14. The summed E-state index contributed by atoms with van der Waals surface area (Å²) in [5.41, 5.74) is 0.0671. The van der Waals surface area contributed by atoms with E-state index in [9.17, 15) is 13.2 Å². The van der Waals surface area contributed by atoms with Crippen molar-refractivity contribution in [1.82, 2.24) is 9.55 Å². The van der Waals surface area contributed by atoms with Gasteiger partial charge in [-0.05, 0) is 0 Å². The Hall–Kier alpha value is -0.570. The molecule has 2 nitrogen and oxygen atoms in total. The molecule has 0 aliphatic carbocycles. The maximum absolute atomic E-state index is 11.8. The Morgan fingerprint density at radius 2 is 2.18 bits per heavy atom. The molecule has 1 heterocycles. The summed E-state index contributed by atoms with van der Waals surface area (Å²) < 4.78 is 36.6. The van der Waals surface area contributed by atoms with Crippen molar-refractivity contribution in [3.8, 4) is 0 Å². The molecule has 0 N–H and O–H groups in total. The molecule has 0 fully saturated rings. The number of aromatic nitrogens is 2. The molecule has 0 amide bonds. The van der Waals surface area contributed by atoms with Gasteiger partial charge in [0.1, 0.15) is 5.57 Å². The van der Waals surface area contributed by atoms with E-state index in [2.05, 4.69) is 4.98 Å². The fourth-order valence-electron chi connectivity index (χ4n) is 0.613. The summed E-state index contributed by atoms with van der Waals surface area (Å²) in [4.78, 5) is 3.56. The van der Waals surface area contributed by atoms with Gasteiger partial charge in [-0.2, -0.15) is 13.2 Å². The number of halogens is 3. The van der Waals surface area contributed by atoms with E-state index in [0.29, 0.717) is 0 Å². The lowest BCUT2D eigenvalue weighted by Crippen LogP contribution is -2.15. The standard InChI is InChI=1S/C5H6F3N2P/c1-10-3-2-9-4(10)11-5(6,7)8/h2-3,11H,1H3. The van der Waals surface area contributed by atoms with Gasteiger partial charge in [0, 0.05) is 19.4 Å². The lowest BCUT2D eigenvalue weighted by Gasteiger charge is -2.04. The zero-order chi connectivity index (χ0) is 8.48. The fraction of sp³-hybridized carbons (Fsp3) is 0.400. The number of rotatable bonds is 1. The van der Waals surface area contributed by atoms with Crippen molar-refractivity contribution in [2.45, 2.75) is 5.92 Å². The molecule has 62 valence electrons. The summed E-state index contributed by atoms with van der Waals surface area (Å²) in [6.07, 6.45) is 2.85. The predicted octanol–water partition coefficient (Wildman–Crippen LogP) is 1.24. The van der Waals surface area contributed by atoms with Gasteiger partial charge in [-0.1, -0.05) is 0 Å². The van der Waals surface area contributed by atoms with Crippen LogP contribution in [0, 0.1) is 0 Å². The minimum absolute atomic E-state index is 0.0671. The zero-order valence-electron chi connectivity index (χ0n) is 5.68. The highest BCUT2D eigenvalue weighted by molar-refractivity contribution is 7.47. The topological polar surface area (TPSA) is 17.8 Å². The normalized spacial score (nSPS) is 13.1. The van der Waals surface area contributed by atoms with Gasteiger partial charge >= 0.3 is 5.92 Å². The largest absolute Gasteiger partial charge is 0.409 e. The van der Waals surface area contributed by atoms with Crippen molar-refractivity contribution >= 4 is 14.1 Å². The number of hydrogen-bond acceptors (Lipinski definition) is 1.